The highest BCUT2D eigenvalue weighted by Gasteiger charge is 2.39. The first-order valence-corrected chi connectivity index (χ1v) is 6.47. The number of carbonyl (C=O) groups excluding carboxylic acids is 1. The van der Waals surface area contributed by atoms with E-state index in [1.807, 2.05) is 0 Å². The van der Waals surface area contributed by atoms with Gasteiger partial charge in [0.25, 0.3) is 0 Å². The second kappa shape index (κ2) is 6.36. The molecule has 0 aromatic carbocycles. The number of carbonyl (C=O) groups is 1. The van der Waals surface area contributed by atoms with Gasteiger partial charge in [-0.2, -0.15) is 0 Å². The smallest absolute Gasteiger partial charge is 0.223 e. The molecule has 0 aliphatic heterocycles. The fraction of sp³-hybridized carbons (Fsp3) is 0.923. The first-order valence-electron chi connectivity index (χ1n) is 6.47. The number of ether oxygens (including phenoxy) is 1. The van der Waals surface area contributed by atoms with Crippen LogP contribution in [0.3, 0.4) is 0 Å². The van der Waals surface area contributed by atoms with Crippen molar-refractivity contribution in [2.24, 2.45) is 5.92 Å². The first kappa shape index (κ1) is 14.5. The molecule has 1 rings (SSSR count). The quantitative estimate of drug-likeness (QED) is 0.712. The van der Waals surface area contributed by atoms with E-state index in [0.29, 0.717) is 12.3 Å². The summed E-state index contributed by atoms with van der Waals surface area (Å²) < 4.78 is 5.42. The molecule has 1 saturated carbocycles. The molecule has 1 aliphatic carbocycles. The number of amides is 1. The average Bonchev–Trinajstić information content (AvgIpc) is 2.21. The summed E-state index contributed by atoms with van der Waals surface area (Å²) in [5.74, 6) is 0.457. The summed E-state index contributed by atoms with van der Waals surface area (Å²) in [5, 5.41) is 12.1. The third-order valence-electron chi connectivity index (χ3n) is 3.52. The molecule has 1 fully saturated rings. The van der Waals surface area contributed by atoms with E-state index in [-0.39, 0.29) is 24.2 Å². The van der Waals surface area contributed by atoms with E-state index in [1.54, 1.807) is 7.11 Å². The van der Waals surface area contributed by atoms with E-state index in [0.717, 1.165) is 25.7 Å². The van der Waals surface area contributed by atoms with Crippen molar-refractivity contribution in [1.82, 2.24) is 5.32 Å². The van der Waals surface area contributed by atoms with Crippen LogP contribution in [0.15, 0.2) is 0 Å². The Morgan fingerprint density at radius 3 is 2.47 bits per heavy atom. The maximum atomic E-state index is 11.9. The minimum atomic E-state index is -0.234. The van der Waals surface area contributed by atoms with E-state index in [2.05, 4.69) is 19.2 Å². The summed E-state index contributed by atoms with van der Waals surface area (Å²) in [6.07, 6.45) is 4.28. The zero-order valence-corrected chi connectivity index (χ0v) is 11.2. The van der Waals surface area contributed by atoms with Crippen LogP contribution in [0, 0.1) is 5.92 Å². The SMILES string of the molecule is COC1(CC(=O)NC(CO)CC(C)C)CCC1. The molecule has 0 radical (unpaired) electrons. The van der Waals surface area contributed by atoms with E-state index in [9.17, 15) is 9.90 Å². The molecule has 0 bridgehead atoms. The summed E-state index contributed by atoms with van der Waals surface area (Å²) in [6, 6.07) is -0.128. The normalized spacial score (nSPS) is 19.8. The summed E-state index contributed by atoms with van der Waals surface area (Å²) in [5.41, 5.74) is -0.234. The Bertz CT molecular complexity index is 244. The minimum Gasteiger partial charge on any atom is -0.394 e. The molecule has 1 amide bonds. The van der Waals surface area contributed by atoms with Crippen molar-refractivity contribution in [1.29, 1.82) is 0 Å². The zero-order valence-electron chi connectivity index (χ0n) is 11.2. The molecule has 100 valence electrons. The van der Waals surface area contributed by atoms with Gasteiger partial charge >= 0.3 is 0 Å². The predicted molar refractivity (Wildman–Crippen MR) is 66.7 cm³/mol. The van der Waals surface area contributed by atoms with Crippen molar-refractivity contribution in [3.8, 4) is 0 Å². The number of hydrogen-bond acceptors (Lipinski definition) is 3. The Labute approximate surface area is 104 Å². The highest BCUT2D eigenvalue weighted by Crippen LogP contribution is 2.37. The Hall–Kier alpha value is -0.610. The molecule has 0 aromatic rings. The Balaban J connectivity index is 2.36. The summed E-state index contributed by atoms with van der Waals surface area (Å²) in [6.45, 7) is 4.17. The van der Waals surface area contributed by atoms with Crippen molar-refractivity contribution in [3.63, 3.8) is 0 Å². The van der Waals surface area contributed by atoms with Crippen LogP contribution in [0.5, 0.6) is 0 Å². The Kier molecular flexibility index (Phi) is 5.40. The lowest BCUT2D eigenvalue weighted by Gasteiger charge is -2.40. The molecule has 4 heteroatoms. The van der Waals surface area contributed by atoms with Crippen LogP contribution in [0.2, 0.25) is 0 Å². The maximum absolute atomic E-state index is 11.9. The summed E-state index contributed by atoms with van der Waals surface area (Å²) in [4.78, 5) is 11.9. The number of hydrogen-bond donors (Lipinski definition) is 2. The first-order chi connectivity index (χ1) is 8.01. The van der Waals surface area contributed by atoms with Crippen LogP contribution in [0.1, 0.15) is 46.0 Å². The third-order valence-corrected chi connectivity index (χ3v) is 3.52. The molecule has 2 N–H and O–H groups in total. The van der Waals surface area contributed by atoms with Crippen LogP contribution < -0.4 is 5.32 Å². The van der Waals surface area contributed by atoms with Crippen LogP contribution in [-0.2, 0) is 9.53 Å². The van der Waals surface area contributed by atoms with Crippen LogP contribution >= 0.6 is 0 Å². The average molecular weight is 243 g/mol. The molecular formula is C13H25NO3. The molecule has 0 saturated heterocycles. The molecule has 4 nitrogen and oxygen atoms in total. The Morgan fingerprint density at radius 1 is 1.47 bits per heavy atom. The van der Waals surface area contributed by atoms with Gasteiger partial charge in [-0.25, -0.2) is 0 Å². The van der Waals surface area contributed by atoms with Gasteiger partial charge in [0.15, 0.2) is 0 Å². The van der Waals surface area contributed by atoms with Gasteiger partial charge in [0.1, 0.15) is 0 Å². The Morgan fingerprint density at radius 2 is 2.12 bits per heavy atom. The van der Waals surface area contributed by atoms with Crippen LogP contribution in [0.4, 0.5) is 0 Å². The molecule has 17 heavy (non-hydrogen) atoms. The van der Waals surface area contributed by atoms with E-state index in [1.165, 1.54) is 0 Å². The van der Waals surface area contributed by atoms with Gasteiger partial charge in [-0.3, -0.25) is 4.79 Å². The minimum absolute atomic E-state index is 0.00387. The monoisotopic (exact) mass is 243 g/mol. The molecule has 0 aromatic heterocycles. The number of aliphatic hydroxyl groups excluding tert-OH is 1. The fourth-order valence-corrected chi connectivity index (χ4v) is 2.34. The lowest BCUT2D eigenvalue weighted by molar-refractivity contribution is -0.135. The fourth-order valence-electron chi connectivity index (χ4n) is 2.34. The second-order valence-electron chi connectivity index (χ2n) is 5.49. The van der Waals surface area contributed by atoms with Gasteiger partial charge in [0.05, 0.1) is 24.7 Å². The number of aliphatic hydroxyl groups is 1. The van der Waals surface area contributed by atoms with Crippen molar-refractivity contribution in [3.05, 3.63) is 0 Å². The highest BCUT2D eigenvalue weighted by molar-refractivity contribution is 5.77. The van der Waals surface area contributed by atoms with Crippen molar-refractivity contribution >= 4 is 5.91 Å². The topological polar surface area (TPSA) is 58.6 Å². The van der Waals surface area contributed by atoms with Gasteiger partial charge in [0, 0.05) is 7.11 Å². The van der Waals surface area contributed by atoms with Gasteiger partial charge in [-0.05, 0) is 31.6 Å². The lowest BCUT2D eigenvalue weighted by atomic mass is 9.77. The van der Waals surface area contributed by atoms with Gasteiger partial charge in [-0.1, -0.05) is 13.8 Å². The molecule has 0 heterocycles. The van der Waals surface area contributed by atoms with Crippen LogP contribution in [-0.4, -0.2) is 36.4 Å². The van der Waals surface area contributed by atoms with E-state index in [4.69, 9.17) is 4.74 Å². The predicted octanol–water partition coefficient (Wildman–Crippen LogP) is 1.47. The van der Waals surface area contributed by atoms with Gasteiger partial charge in [-0.15, -0.1) is 0 Å². The number of methoxy groups -OCH3 is 1. The molecular weight excluding hydrogens is 218 g/mol. The third kappa shape index (κ3) is 4.28. The van der Waals surface area contributed by atoms with E-state index >= 15 is 0 Å². The lowest BCUT2D eigenvalue weighted by Crippen LogP contribution is -2.47. The largest absolute Gasteiger partial charge is 0.394 e. The molecule has 1 aliphatic rings. The highest BCUT2D eigenvalue weighted by atomic mass is 16.5. The number of nitrogens with one attached hydrogen (secondary N) is 1. The van der Waals surface area contributed by atoms with Crippen molar-refractivity contribution < 1.29 is 14.6 Å². The molecule has 1 unspecified atom stereocenters. The van der Waals surface area contributed by atoms with Crippen molar-refractivity contribution in [2.45, 2.75) is 57.6 Å². The molecule has 0 spiro atoms. The van der Waals surface area contributed by atoms with Crippen molar-refractivity contribution in [2.75, 3.05) is 13.7 Å². The zero-order chi connectivity index (χ0) is 12.9. The number of rotatable bonds is 7. The second-order valence-corrected chi connectivity index (χ2v) is 5.49. The standard InChI is InChI=1S/C13H25NO3/c1-10(2)7-11(9-15)14-12(16)8-13(17-3)5-4-6-13/h10-11,15H,4-9H2,1-3H3,(H,14,16). The van der Waals surface area contributed by atoms with Crippen LogP contribution in [0.25, 0.3) is 0 Å². The maximum Gasteiger partial charge on any atom is 0.223 e. The van der Waals surface area contributed by atoms with Gasteiger partial charge < -0.3 is 15.2 Å². The summed E-state index contributed by atoms with van der Waals surface area (Å²) >= 11 is 0. The summed E-state index contributed by atoms with van der Waals surface area (Å²) in [7, 11) is 1.67. The van der Waals surface area contributed by atoms with E-state index < -0.39 is 0 Å². The van der Waals surface area contributed by atoms with Gasteiger partial charge in [0.2, 0.25) is 5.91 Å². The molecule has 1 atom stereocenters.